The number of alkyl halides is 3. The summed E-state index contributed by atoms with van der Waals surface area (Å²) in [5, 5.41) is 2.79. The highest BCUT2D eigenvalue weighted by atomic mass is 19.4. The van der Waals surface area contributed by atoms with Crippen molar-refractivity contribution in [2.45, 2.75) is 52.4 Å². The quantitative estimate of drug-likeness (QED) is 0.202. The largest absolute Gasteiger partial charge is 0.496 e. The third-order valence-corrected chi connectivity index (χ3v) is 5.98. The number of carbonyl (C=O) groups excluding carboxylic acids is 2. The summed E-state index contributed by atoms with van der Waals surface area (Å²) >= 11 is 0. The van der Waals surface area contributed by atoms with E-state index in [0.29, 0.717) is 30.8 Å². The molecule has 2 amide bonds. The van der Waals surface area contributed by atoms with E-state index in [-0.39, 0.29) is 23.0 Å². The number of hydrogen-bond donors (Lipinski definition) is 1. The molecule has 2 aromatic carbocycles. The van der Waals surface area contributed by atoms with Crippen LogP contribution in [0, 0.1) is 12.3 Å². The van der Waals surface area contributed by atoms with Crippen molar-refractivity contribution in [3.8, 4) is 12.3 Å². The zero-order chi connectivity index (χ0) is 29.0. The second-order valence-corrected chi connectivity index (χ2v) is 9.92. The molecule has 0 bridgehead atoms. The lowest BCUT2D eigenvalue weighted by atomic mass is 9.96. The zero-order valence-corrected chi connectivity index (χ0v) is 22.5. The molecule has 0 unspecified atom stereocenters. The van der Waals surface area contributed by atoms with Crippen LogP contribution >= 0.6 is 0 Å². The van der Waals surface area contributed by atoms with E-state index in [1.54, 1.807) is 24.0 Å². The Balaban J connectivity index is 1.89. The first-order valence-electron chi connectivity index (χ1n) is 12.3. The molecule has 1 N–H and O–H groups in total. The van der Waals surface area contributed by atoms with E-state index in [2.05, 4.69) is 11.2 Å². The zero-order valence-electron chi connectivity index (χ0n) is 22.5. The number of methoxy groups -OCH3 is 1. The fourth-order valence-electron chi connectivity index (χ4n) is 4.16. The first-order chi connectivity index (χ1) is 18.3. The third kappa shape index (κ3) is 7.23. The summed E-state index contributed by atoms with van der Waals surface area (Å²) in [7, 11) is 1.38. The van der Waals surface area contributed by atoms with Gasteiger partial charge in [-0.1, -0.05) is 24.1 Å². The number of carbonyl (C=O) groups is 2. The number of fused-ring (bicyclic) bond motifs is 1. The lowest BCUT2D eigenvalue weighted by Crippen LogP contribution is -2.39. The smallest absolute Gasteiger partial charge is 0.416 e. The van der Waals surface area contributed by atoms with E-state index in [1.165, 1.54) is 19.2 Å². The minimum absolute atomic E-state index is 0.0986. The second-order valence-electron chi connectivity index (χ2n) is 9.92. The van der Waals surface area contributed by atoms with Gasteiger partial charge in [0.2, 0.25) is 0 Å². The molecule has 1 aliphatic heterocycles. The summed E-state index contributed by atoms with van der Waals surface area (Å²) in [6, 6.07) is 9.70. The van der Waals surface area contributed by atoms with Gasteiger partial charge in [-0.3, -0.25) is 4.79 Å². The summed E-state index contributed by atoms with van der Waals surface area (Å²) in [4.78, 5) is 27.4. The van der Waals surface area contributed by atoms with Gasteiger partial charge in [0.1, 0.15) is 16.9 Å². The molecule has 39 heavy (non-hydrogen) atoms. The number of ether oxygens (including phenoxy) is 2. The molecule has 6 nitrogen and oxygen atoms in total. The average molecular weight is 541 g/mol. The Labute approximate surface area is 226 Å². The second kappa shape index (κ2) is 11.7. The number of amides is 2. The van der Waals surface area contributed by atoms with Crippen LogP contribution < -0.4 is 5.32 Å². The van der Waals surface area contributed by atoms with Gasteiger partial charge in [-0.2, -0.15) is 13.2 Å². The first-order valence-corrected chi connectivity index (χ1v) is 12.3. The van der Waals surface area contributed by atoms with Crippen LogP contribution in [0.25, 0.3) is 5.57 Å². The van der Waals surface area contributed by atoms with Gasteiger partial charge >= 0.3 is 12.3 Å². The Bertz CT molecular complexity index is 1340. The number of rotatable bonds is 5. The van der Waals surface area contributed by atoms with Gasteiger partial charge in [-0.25, -0.2) is 4.79 Å². The summed E-state index contributed by atoms with van der Waals surface area (Å²) in [6.45, 7) is 7.94. The number of terminal acetylenes is 1. The topological polar surface area (TPSA) is 67.9 Å². The molecular formula is C30H31F3N2O4. The number of benzene rings is 2. The molecule has 0 saturated heterocycles. The highest BCUT2D eigenvalue weighted by Gasteiger charge is 2.31. The number of nitrogens with one attached hydrogen (secondary N) is 1. The summed E-state index contributed by atoms with van der Waals surface area (Å²) in [5.74, 6) is 2.01. The van der Waals surface area contributed by atoms with Crippen LogP contribution in [0.2, 0.25) is 0 Å². The Morgan fingerprint density at radius 2 is 1.74 bits per heavy atom. The number of allylic oxidation sites excluding steroid dienone is 2. The molecule has 2 aromatic rings. The Kier molecular flexibility index (Phi) is 8.80. The van der Waals surface area contributed by atoms with Crippen molar-refractivity contribution in [3.05, 3.63) is 82.1 Å². The molecule has 3 rings (SSSR count). The minimum Gasteiger partial charge on any atom is -0.496 e. The maximum atomic E-state index is 13.3. The van der Waals surface area contributed by atoms with E-state index in [4.69, 9.17) is 15.9 Å². The van der Waals surface area contributed by atoms with Crippen molar-refractivity contribution in [1.82, 2.24) is 4.90 Å². The minimum atomic E-state index is -4.50. The van der Waals surface area contributed by atoms with Crippen molar-refractivity contribution in [1.29, 1.82) is 0 Å². The summed E-state index contributed by atoms with van der Waals surface area (Å²) < 4.78 is 50.1. The predicted molar refractivity (Wildman–Crippen MR) is 143 cm³/mol. The molecule has 1 heterocycles. The normalized spacial score (nSPS) is 14.5. The van der Waals surface area contributed by atoms with Crippen molar-refractivity contribution in [2.75, 3.05) is 19.0 Å². The molecule has 0 radical (unpaired) electrons. The van der Waals surface area contributed by atoms with Crippen LogP contribution in [0.3, 0.4) is 0 Å². The van der Waals surface area contributed by atoms with Gasteiger partial charge in [-0.15, -0.1) is 6.42 Å². The van der Waals surface area contributed by atoms with Gasteiger partial charge < -0.3 is 19.7 Å². The van der Waals surface area contributed by atoms with Crippen molar-refractivity contribution < 1.29 is 32.2 Å². The van der Waals surface area contributed by atoms with Gasteiger partial charge in [0.05, 0.1) is 12.7 Å². The standard InChI is InChI=1S/C30H31F3N2O4/c1-7-24(26(25(8-2)38-6)19-9-12-22(13-10-19)30(31,32)33)27(36)34-23-14-11-21-18-35(16-15-20(21)17-23)28(37)39-29(3,4)5/h1,8-14,17H,15-16,18H2,2-6H3,(H,34,36)/b25-8+,26-24+. The van der Waals surface area contributed by atoms with Crippen LogP contribution in [0.5, 0.6) is 0 Å². The molecule has 0 aliphatic carbocycles. The monoisotopic (exact) mass is 540 g/mol. The lowest BCUT2D eigenvalue weighted by Gasteiger charge is -2.31. The fraction of sp³-hybridized carbons (Fsp3) is 0.333. The molecule has 0 fully saturated rings. The molecule has 1 aliphatic rings. The Morgan fingerprint density at radius 1 is 1.08 bits per heavy atom. The molecule has 0 atom stereocenters. The van der Waals surface area contributed by atoms with Crippen LogP contribution in [0.1, 0.15) is 49.9 Å². The molecular weight excluding hydrogens is 509 g/mol. The van der Waals surface area contributed by atoms with E-state index in [9.17, 15) is 22.8 Å². The number of halogens is 3. The van der Waals surface area contributed by atoms with E-state index >= 15 is 0 Å². The lowest BCUT2D eigenvalue weighted by molar-refractivity contribution is -0.137. The van der Waals surface area contributed by atoms with Crippen LogP contribution in [0.15, 0.2) is 59.9 Å². The predicted octanol–water partition coefficient (Wildman–Crippen LogP) is 6.57. The average Bonchev–Trinajstić information content (AvgIpc) is 2.87. The molecule has 0 aromatic heterocycles. The van der Waals surface area contributed by atoms with Crippen molar-refractivity contribution in [2.24, 2.45) is 0 Å². The van der Waals surface area contributed by atoms with E-state index in [0.717, 1.165) is 23.3 Å². The van der Waals surface area contributed by atoms with Gasteiger partial charge in [-0.05, 0) is 81.1 Å². The third-order valence-electron chi connectivity index (χ3n) is 5.98. The summed E-state index contributed by atoms with van der Waals surface area (Å²) in [5.41, 5.74) is 1.36. The van der Waals surface area contributed by atoms with E-state index < -0.39 is 23.2 Å². The van der Waals surface area contributed by atoms with E-state index in [1.807, 2.05) is 32.9 Å². The van der Waals surface area contributed by atoms with Crippen molar-refractivity contribution in [3.63, 3.8) is 0 Å². The highest BCUT2D eigenvalue weighted by Crippen LogP contribution is 2.33. The molecule has 0 saturated carbocycles. The SMILES string of the molecule is C#C/C(C(=O)Nc1ccc2c(c1)CCN(C(=O)OC(C)(C)C)C2)=C(\C(=C/C)OC)c1ccc(C(F)(F)F)cc1. The Hall–Kier alpha value is -4.19. The molecule has 9 heteroatoms. The summed E-state index contributed by atoms with van der Waals surface area (Å²) in [6.07, 6.45) is 2.98. The van der Waals surface area contributed by atoms with Crippen LogP contribution in [-0.4, -0.2) is 36.2 Å². The van der Waals surface area contributed by atoms with Gasteiger partial charge in [0.15, 0.2) is 0 Å². The number of hydrogen-bond acceptors (Lipinski definition) is 4. The maximum absolute atomic E-state index is 13.3. The number of anilines is 1. The van der Waals surface area contributed by atoms with Crippen LogP contribution in [-0.2, 0) is 33.4 Å². The van der Waals surface area contributed by atoms with Crippen LogP contribution in [0.4, 0.5) is 23.7 Å². The maximum Gasteiger partial charge on any atom is 0.416 e. The molecule has 0 spiro atoms. The molecule has 206 valence electrons. The van der Waals surface area contributed by atoms with Crippen molar-refractivity contribution >= 4 is 23.3 Å². The van der Waals surface area contributed by atoms with Gasteiger partial charge in [0.25, 0.3) is 5.91 Å². The number of nitrogens with zero attached hydrogens (tertiary/aromatic N) is 1. The Morgan fingerprint density at radius 3 is 2.28 bits per heavy atom. The first kappa shape index (κ1) is 29.4. The fourth-order valence-corrected chi connectivity index (χ4v) is 4.16. The highest BCUT2D eigenvalue weighted by molar-refractivity contribution is 6.14. The van der Waals surface area contributed by atoms with Gasteiger partial charge in [0, 0.05) is 24.4 Å².